The van der Waals surface area contributed by atoms with Crippen LogP contribution in [-0.4, -0.2) is 43.2 Å². The molecule has 5 heterocycles. The van der Waals surface area contributed by atoms with Crippen LogP contribution in [0.3, 0.4) is 0 Å². The maximum atomic E-state index is 14.5. The van der Waals surface area contributed by atoms with E-state index in [1.54, 1.807) is 14.0 Å². The Hall–Kier alpha value is -2.96. The van der Waals surface area contributed by atoms with Crippen molar-refractivity contribution in [3.05, 3.63) is 77.0 Å². The van der Waals surface area contributed by atoms with Crippen molar-refractivity contribution >= 4 is 46.4 Å². The largest absolute Gasteiger partial charge is 0.506 e. The summed E-state index contributed by atoms with van der Waals surface area (Å²) in [5, 5.41) is 10.1. The molecule has 2 aromatic heterocycles. The van der Waals surface area contributed by atoms with E-state index in [0.29, 0.717) is 45.1 Å². The van der Waals surface area contributed by atoms with Gasteiger partial charge in [-0.15, -0.1) is 0 Å². The van der Waals surface area contributed by atoms with Crippen LogP contribution in [0.5, 0.6) is 11.5 Å². The molecule has 0 saturated carbocycles. The Labute approximate surface area is 269 Å². The van der Waals surface area contributed by atoms with Gasteiger partial charge in [0.25, 0.3) is 11.1 Å². The smallest absolute Gasteiger partial charge is 0.276 e. The third-order valence-corrected chi connectivity index (χ3v) is 9.12. The van der Waals surface area contributed by atoms with Crippen LogP contribution in [0.25, 0.3) is 22.3 Å². The standard InChI is InChI=1S/C16H15Cl2FN2O3.C13H11Cl2FN2O2/c17-11-6-12(19)10(5-13(11)24-8-9-7-23-9)14-15(18)20-3-1-2-4-21(20)16(14)22;14-8-6-9(16)7(5-10(8)19)11-12(15)17-3-1-2-4-18(17)13(11)20/h5-6,9H,1-4,7-8H2;5-6,19H,1-4H2. The van der Waals surface area contributed by atoms with E-state index in [2.05, 4.69) is 0 Å². The molecule has 0 aliphatic carbocycles. The maximum absolute atomic E-state index is 14.5. The van der Waals surface area contributed by atoms with E-state index in [4.69, 9.17) is 55.9 Å². The summed E-state index contributed by atoms with van der Waals surface area (Å²) in [7, 11) is 0. The molecule has 9 nitrogen and oxygen atoms in total. The Bertz CT molecular complexity index is 1880. The summed E-state index contributed by atoms with van der Waals surface area (Å²) >= 11 is 24.3. The molecule has 0 spiro atoms. The Morgan fingerprint density at radius 2 is 1.20 bits per heavy atom. The zero-order valence-corrected chi connectivity index (χ0v) is 26.1. The molecular weight excluding hydrogens is 664 g/mol. The van der Waals surface area contributed by atoms with Crippen molar-refractivity contribution in [2.45, 2.75) is 58.0 Å². The lowest BCUT2D eigenvalue weighted by Crippen LogP contribution is -2.27. The van der Waals surface area contributed by atoms with Gasteiger partial charge in [0.2, 0.25) is 0 Å². The number of rotatable bonds is 5. The maximum Gasteiger partial charge on any atom is 0.276 e. The molecule has 15 heteroatoms. The molecule has 3 aliphatic heterocycles. The molecule has 1 saturated heterocycles. The highest BCUT2D eigenvalue weighted by molar-refractivity contribution is 6.34. The van der Waals surface area contributed by atoms with Crippen molar-refractivity contribution in [1.82, 2.24) is 18.7 Å². The van der Waals surface area contributed by atoms with Crippen molar-refractivity contribution < 1.29 is 23.4 Å². The summed E-state index contributed by atoms with van der Waals surface area (Å²) in [5.74, 6) is -1.26. The van der Waals surface area contributed by atoms with Crippen LogP contribution in [0.2, 0.25) is 20.4 Å². The van der Waals surface area contributed by atoms with Gasteiger partial charge in [-0.1, -0.05) is 46.4 Å². The van der Waals surface area contributed by atoms with Gasteiger partial charge in [0.05, 0.1) is 27.8 Å². The fourth-order valence-electron chi connectivity index (χ4n) is 5.41. The minimum absolute atomic E-state index is 0.0312. The number of phenols is 1. The van der Waals surface area contributed by atoms with Crippen molar-refractivity contribution in [2.24, 2.45) is 0 Å². The number of benzene rings is 2. The number of fused-ring (bicyclic) bond motifs is 2. The van der Waals surface area contributed by atoms with Crippen LogP contribution in [0, 0.1) is 11.6 Å². The Balaban J connectivity index is 0.000000159. The van der Waals surface area contributed by atoms with E-state index >= 15 is 0 Å². The monoisotopic (exact) mass is 688 g/mol. The van der Waals surface area contributed by atoms with Gasteiger partial charge in [-0.25, -0.2) is 18.1 Å². The minimum atomic E-state index is -0.685. The molecule has 0 amide bonds. The predicted molar refractivity (Wildman–Crippen MR) is 164 cm³/mol. The van der Waals surface area contributed by atoms with E-state index in [-0.39, 0.29) is 65.6 Å². The van der Waals surface area contributed by atoms with Crippen LogP contribution < -0.4 is 15.9 Å². The lowest BCUT2D eigenvalue weighted by Gasteiger charge is -2.17. The molecule has 1 atom stereocenters. The summed E-state index contributed by atoms with van der Waals surface area (Å²) in [6.07, 6.45) is 3.69. The molecule has 3 aliphatic rings. The van der Waals surface area contributed by atoms with Crippen LogP contribution >= 0.6 is 46.4 Å². The van der Waals surface area contributed by atoms with Gasteiger partial charge in [0.15, 0.2) is 0 Å². The summed E-state index contributed by atoms with van der Waals surface area (Å²) in [6.45, 7) is 3.38. The normalized spacial score (nSPS) is 17.0. The fraction of sp³-hybridized carbons (Fsp3) is 0.379. The molecule has 1 unspecified atom stereocenters. The van der Waals surface area contributed by atoms with Crippen molar-refractivity contribution in [3.8, 4) is 33.8 Å². The fourth-order valence-corrected chi connectivity index (χ4v) is 6.48. The summed E-state index contributed by atoms with van der Waals surface area (Å²) in [4.78, 5) is 25.0. The van der Waals surface area contributed by atoms with E-state index in [9.17, 15) is 23.5 Å². The number of epoxide rings is 1. The molecule has 1 N–H and O–H groups in total. The average Bonchev–Trinajstić information content (AvgIpc) is 3.76. The number of nitrogens with zero attached hydrogens (tertiary/aromatic N) is 4. The quantitative estimate of drug-likeness (QED) is 0.239. The third-order valence-electron chi connectivity index (χ3n) is 7.75. The molecule has 7 rings (SSSR count). The number of halogens is 6. The van der Waals surface area contributed by atoms with Gasteiger partial charge in [0, 0.05) is 37.3 Å². The minimum Gasteiger partial charge on any atom is -0.506 e. The highest BCUT2D eigenvalue weighted by Crippen LogP contribution is 2.37. The van der Waals surface area contributed by atoms with Crippen molar-refractivity contribution in [2.75, 3.05) is 13.2 Å². The van der Waals surface area contributed by atoms with Gasteiger partial charge in [-0.2, -0.15) is 0 Å². The number of aromatic nitrogens is 4. The number of hydrogen-bond donors (Lipinski definition) is 1. The Morgan fingerprint density at radius 1 is 0.750 bits per heavy atom. The first-order chi connectivity index (χ1) is 21.1. The first kappa shape index (κ1) is 31.0. The molecule has 234 valence electrons. The summed E-state index contributed by atoms with van der Waals surface area (Å²) in [6, 6.07) is 4.70. The third kappa shape index (κ3) is 5.76. The van der Waals surface area contributed by atoms with Gasteiger partial charge < -0.3 is 14.6 Å². The second kappa shape index (κ2) is 12.4. The molecular formula is C29H26Cl4F2N4O5. The SMILES string of the molecule is O=c1c(-c2cc(O)c(Cl)cc2F)c(Cl)n2n1CCCC2.O=c1c(-c2cc(OCC3CO3)c(Cl)cc2F)c(Cl)n2n1CCCC2. The number of hydrogen-bond acceptors (Lipinski definition) is 5. The number of aromatic hydroxyl groups is 1. The van der Waals surface area contributed by atoms with Gasteiger partial charge >= 0.3 is 0 Å². The molecule has 2 aromatic carbocycles. The second-order valence-corrected chi connectivity index (χ2v) is 12.2. The molecule has 44 heavy (non-hydrogen) atoms. The number of phenolic OH excluding ortho intramolecular Hbond substituents is 1. The number of ether oxygens (including phenoxy) is 2. The molecule has 1 fully saturated rings. The van der Waals surface area contributed by atoms with Crippen LogP contribution in [-0.2, 0) is 30.9 Å². The van der Waals surface area contributed by atoms with Crippen LogP contribution in [0.4, 0.5) is 8.78 Å². The first-order valence-electron chi connectivity index (χ1n) is 14.0. The van der Waals surface area contributed by atoms with Crippen LogP contribution in [0.15, 0.2) is 33.9 Å². The lowest BCUT2D eigenvalue weighted by molar-refractivity contribution is 0.263. The van der Waals surface area contributed by atoms with E-state index in [0.717, 1.165) is 43.9 Å². The Morgan fingerprint density at radius 3 is 1.68 bits per heavy atom. The molecule has 0 radical (unpaired) electrons. The highest BCUT2D eigenvalue weighted by atomic mass is 35.5. The van der Waals surface area contributed by atoms with Gasteiger partial charge in [-0.3, -0.25) is 19.0 Å². The second-order valence-electron chi connectivity index (χ2n) is 10.7. The van der Waals surface area contributed by atoms with Crippen LogP contribution in [0.1, 0.15) is 25.7 Å². The average molecular weight is 690 g/mol. The van der Waals surface area contributed by atoms with Crippen molar-refractivity contribution in [1.29, 1.82) is 0 Å². The van der Waals surface area contributed by atoms with Crippen molar-refractivity contribution in [3.63, 3.8) is 0 Å². The first-order valence-corrected chi connectivity index (χ1v) is 15.5. The molecule has 0 bridgehead atoms. The summed E-state index contributed by atoms with van der Waals surface area (Å²) in [5.41, 5.74) is -0.349. The zero-order chi connectivity index (χ0) is 31.3. The lowest BCUT2D eigenvalue weighted by atomic mass is 10.1. The highest BCUT2D eigenvalue weighted by Gasteiger charge is 2.28. The van der Waals surface area contributed by atoms with E-state index in [1.165, 1.54) is 10.7 Å². The van der Waals surface area contributed by atoms with E-state index in [1.807, 2.05) is 0 Å². The zero-order valence-electron chi connectivity index (χ0n) is 23.1. The topological polar surface area (TPSA) is 95.8 Å². The molecule has 4 aromatic rings. The van der Waals surface area contributed by atoms with Gasteiger partial charge in [0.1, 0.15) is 46.2 Å². The predicted octanol–water partition coefficient (Wildman–Crippen LogP) is 6.60. The van der Waals surface area contributed by atoms with E-state index < -0.39 is 11.6 Å². The van der Waals surface area contributed by atoms with Gasteiger partial charge in [-0.05, 0) is 49.9 Å². The Kier molecular flexibility index (Phi) is 8.78. The summed E-state index contributed by atoms with van der Waals surface area (Å²) < 4.78 is 45.6.